The highest BCUT2D eigenvalue weighted by molar-refractivity contribution is 5.44. The average molecular weight is 312 g/mol. The summed E-state index contributed by atoms with van der Waals surface area (Å²) in [5, 5.41) is 3.37. The summed E-state index contributed by atoms with van der Waals surface area (Å²) in [6, 6.07) is 5.99. The van der Waals surface area contributed by atoms with Crippen LogP contribution < -0.4 is 10.2 Å². The van der Waals surface area contributed by atoms with Gasteiger partial charge in [0.15, 0.2) is 0 Å². The normalized spacial score (nSPS) is 15.7. The van der Waals surface area contributed by atoms with Crippen LogP contribution in [-0.4, -0.2) is 52.6 Å². The van der Waals surface area contributed by atoms with Crippen molar-refractivity contribution in [2.75, 3.05) is 42.9 Å². The van der Waals surface area contributed by atoms with E-state index < -0.39 is 0 Å². The number of anilines is 2. The van der Waals surface area contributed by atoms with Crippen molar-refractivity contribution in [3.8, 4) is 0 Å². The lowest BCUT2D eigenvalue weighted by Gasteiger charge is -2.34. The van der Waals surface area contributed by atoms with Gasteiger partial charge in [0.2, 0.25) is 5.95 Å². The maximum absolute atomic E-state index is 4.69. The van der Waals surface area contributed by atoms with E-state index in [4.69, 9.17) is 0 Å². The number of aryl methyl sites for hydroxylation is 1. The van der Waals surface area contributed by atoms with Crippen molar-refractivity contribution < 1.29 is 0 Å². The minimum atomic E-state index is 0.716. The number of aromatic nitrogens is 3. The van der Waals surface area contributed by atoms with Gasteiger partial charge in [0.05, 0.1) is 0 Å². The zero-order valence-electron chi connectivity index (χ0n) is 13.9. The molecule has 1 fully saturated rings. The van der Waals surface area contributed by atoms with Gasteiger partial charge in [-0.25, -0.2) is 4.98 Å². The molecule has 1 N–H and O–H groups in total. The third-order valence-corrected chi connectivity index (χ3v) is 4.14. The molecule has 0 radical (unpaired) electrons. The van der Waals surface area contributed by atoms with Crippen LogP contribution >= 0.6 is 0 Å². The largest absolute Gasteiger partial charge is 0.366 e. The first-order chi connectivity index (χ1) is 11.2. The molecule has 3 heterocycles. The van der Waals surface area contributed by atoms with Crippen LogP contribution in [0.3, 0.4) is 0 Å². The number of nitrogens with zero attached hydrogens (tertiary/aromatic N) is 5. The van der Waals surface area contributed by atoms with Crippen molar-refractivity contribution in [2.24, 2.45) is 0 Å². The molecule has 6 heteroatoms. The Balaban J connectivity index is 1.67. The predicted octanol–water partition coefficient (Wildman–Crippen LogP) is 1.93. The Bertz CT molecular complexity index is 622. The first-order valence-electron chi connectivity index (χ1n) is 8.20. The van der Waals surface area contributed by atoms with Gasteiger partial charge in [0.25, 0.3) is 0 Å². The molecule has 3 rings (SSSR count). The Kier molecular flexibility index (Phi) is 5.02. The van der Waals surface area contributed by atoms with Crippen LogP contribution in [0, 0.1) is 6.92 Å². The lowest BCUT2D eigenvalue weighted by Crippen LogP contribution is -2.46. The van der Waals surface area contributed by atoms with Gasteiger partial charge < -0.3 is 15.1 Å². The van der Waals surface area contributed by atoms with Crippen molar-refractivity contribution in [2.45, 2.75) is 20.4 Å². The van der Waals surface area contributed by atoms with Gasteiger partial charge in [0, 0.05) is 56.9 Å². The van der Waals surface area contributed by atoms with E-state index in [2.05, 4.69) is 43.1 Å². The SMILES string of the molecule is CCN1CCN(c2nc(C)cc(NCc3cccnc3)n2)CC1. The van der Waals surface area contributed by atoms with E-state index in [9.17, 15) is 0 Å². The summed E-state index contributed by atoms with van der Waals surface area (Å²) in [6.07, 6.45) is 3.65. The van der Waals surface area contributed by atoms with Gasteiger partial charge in [-0.1, -0.05) is 13.0 Å². The smallest absolute Gasteiger partial charge is 0.227 e. The van der Waals surface area contributed by atoms with E-state index in [0.29, 0.717) is 6.54 Å². The fraction of sp³-hybridized carbons (Fsp3) is 0.471. The van der Waals surface area contributed by atoms with Gasteiger partial charge in [0.1, 0.15) is 5.82 Å². The fourth-order valence-electron chi connectivity index (χ4n) is 2.74. The molecule has 0 spiro atoms. The van der Waals surface area contributed by atoms with E-state index in [-0.39, 0.29) is 0 Å². The molecule has 0 aromatic carbocycles. The Morgan fingerprint density at radius 1 is 1.17 bits per heavy atom. The highest BCUT2D eigenvalue weighted by atomic mass is 15.3. The number of piperazine rings is 1. The van der Waals surface area contributed by atoms with Crippen LogP contribution in [0.25, 0.3) is 0 Å². The maximum Gasteiger partial charge on any atom is 0.227 e. The minimum absolute atomic E-state index is 0.716. The van der Waals surface area contributed by atoms with Crippen LogP contribution in [0.2, 0.25) is 0 Å². The maximum atomic E-state index is 4.69. The molecule has 23 heavy (non-hydrogen) atoms. The third-order valence-electron chi connectivity index (χ3n) is 4.14. The van der Waals surface area contributed by atoms with Gasteiger partial charge >= 0.3 is 0 Å². The minimum Gasteiger partial charge on any atom is -0.366 e. The Hall–Kier alpha value is -2.21. The monoisotopic (exact) mass is 312 g/mol. The molecule has 2 aromatic rings. The van der Waals surface area contributed by atoms with Crippen molar-refractivity contribution in [1.82, 2.24) is 19.9 Å². The fourth-order valence-corrected chi connectivity index (χ4v) is 2.74. The van der Waals surface area contributed by atoms with E-state index in [1.54, 1.807) is 6.20 Å². The lowest BCUT2D eigenvalue weighted by atomic mass is 10.3. The second-order valence-corrected chi connectivity index (χ2v) is 5.83. The zero-order chi connectivity index (χ0) is 16.1. The second-order valence-electron chi connectivity index (χ2n) is 5.83. The van der Waals surface area contributed by atoms with Crippen LogP contribution in [-0.2, 0) is 6.54 Å². The first-order valence-corrected chi connectivity index (χ1v) is 8.20. The van der Waals surface area contributed by atoms with Crippen molar-refractivity contribution in [3.63, 3.8) is 0 Å². The Morgan fingerprint density at radius 2 is 2.00 bits per heavy atom. The van der Waals surface area contributed by atoms with Crippen LogP contribution in [0.4, 0.5) is 11.8 Å². The molecular formula is C17H24N6. The average Bonchev–Trinajstić information content (AvgIpc) is 2.60. The molecule has 0 unspecified atom stereocenters. The number of hydrogen-bond acceptors (Lipinski definition) is 6. The number of likely N-dealkylation sites (N-methyl/N-ethyl adjacent to an activating group) is 1. The van der Waals surface area contributed by atoms with Gasteiger partial charge in [-0.15, -0.1) is 0 Å². The molecule has 6 nitrogen and oxygen atoms in total. The summed E-state index contributed by atoms with van der Waals surface area (Å²) < 4.78 is 0. The van der Waals surface area contributed by atoms with Crippen LogP contribution in [0.15, 0.2) is 30.6 Å². The lowest BCUT2D eigenvalue weighted by molar-refractivity contribution is 0.270. The molecule has 0 aliphatic carbocycles. The standard InChI is InChI=1S/C17H24N6/c1-3-22-7-9-23(10-8-22)17-20-14(2)11-16(21-17)19-13-15-5-4-6-18-12-15/h4-6,11-12H,3,7-10,13H2,1-2H3,(H,19,20,21). The van der Waals surface area contributed by atoms with Gasteiger partial charge in [-0.3, -0.25) is 4.98 Å². The van der Waals surface area contributed by atoms with E-state index >= 15 is 0 Å². The Morgan fingerprint density at radius 3 is 2.70 bits per heavy atom. The highest BCUT2D eigenvalue weighted by Gasteiger charge is 2.18. The predicted molar refractivity (Wildman–Crippen MR) is 92.7 cm³/mol. The van der Waals surface area contributed by atoms with Crippen LogP contribution in [0.5, 0.6) is 0 Å². The van der Waals surface area contributed by atoms with Crippen molar-refractivity contribution >= 4 is 11.8 Å². The molecule has 2 aromatic heterocycles. The van der Waals surface area contributed by atoms with E-state index in [1.165, 1.54) is 0 Å². The molecule has 1 aliphatic rings. The summed E-state index contributed by atoms with van der Waals surface area (Å²) in [6.45, 7) is 10.2. The summed E-state index contributed by atoms with van der Waals surface area (Å²) in [7, 11) is 0. The van der Waals surface area contributed by atoms with Gasteiger partial charge in [-0.2, -0.15) is 4.98 Å². The molecule has 0 amide bonds. The van der Waals surface area contributed by atoms with E-state index in [1.807, 2.05) is 25.3 Å². The molecule has 0 atom stereocenters. The highest BCUT2D eigenvalue weighted by Crippen LogP contribution is 2.16. The topological polar surface area (TPSA) is 57.2 Å². The van der Waals surface area contributed by atoms with E-state index in [0.717, 1.165) is 55.7 Å². The summed E-state index contributed by atoms with van der Waals surface area (Å²) in [4.78, 5) is 18.2. The Labute approximate surface area is 137 Å². The zero-order valence-corrected chi connectivity index (χ0v) is 13.9. The molecule has 0 saturated carbocycles. The third kappa shape index (κ3) is 4.16. The second kappa shape index (κ2) is 7.37. The molecule has 1 saturated heterocycles. The van der Waals surface area contributed by atoms with Crippen LogP contribution in [0.1, 0.15) is 18.2 Å². The molecule has 0 bridgehead atoms. The molecule has 122 valence electrons. The number of nitrogens with one attached hydrogen (secondary N) is 1. The van der Waals surface area contributed by atoms with Gasteiger partial charge in [-0.05, 0) is 25.1 Å². The number of pyridine rings is 1. The van der Waals surface area contributed by atoms with Crippen molar-refractivity contribution in [3.05, 3.63) is 41.9 Å². The number of rotatable bonds is 5. The summed E-state index contributed by atoms with van der Waals surface area (Å²) in [5.74, 6) is 1.70. The number of hydrogen-bond donors (Lipinski definition) is 1. The summed E-state index contributed by atoms with van der Waals surface area (Å²) >= 11 is 0. The summed E-state index contributed by atoms with van der Waals surface area (Å²) in [5.41, 5.74) is 2.13. The quantitative estimate of drug-likeness (QED) is 0.910. The van der Waals surface area contributed by atoms with Crippen molar-refractivity contribution in [1.29, 1.82) is 0 Å². The first kappa shape index (κ1) is 15.7. The molecule has 1 aliphatic heterocycles. The molecular weight excluding hydrogens is 288 g/mol.